The van der Waals surface area contributed by atoms with Crippen LogP contribution in [0.3, 0.4) is 0 Å². The average Bonchev–Trinajstić information content (AvgIpc) is 3.21. The van der Waals surface area contributed by atoms with Crippen molar-refractivity contribution in [3.63, 3.8) is 0 Å². The number of aliphatic hydroxyl groups excluding tert-OH is 1. The molecule has 8 heteroatoms. The molecule has 5 aliphatic rings. The van der Waals surface area contributed by atoms with Crippen LogP contribution in [0.5, 0.6) is 0 Å². The first-order valence-corrected chi connectivity index (χ1v) is 15.3. The minimum atomic E-state index is -0.817. The number of amides is 3. The Labute approximate surface area is 235 Å². The van der Waals surface area contributed by atoms with Gasteiger partial charge in [0.25, 0.3) is 0 Å². The van der Waals surface area contributed by atoms with Crippen molar-refractivity contribution in [3.8, 4) is 0 Å². The second kappa shape index (κ2) is 10.4. The number of thioether (sulfide) groups is 1. The van der Waals surface area contributed by atoms with Crippen molar-refractivity contribution in [3.05, 3.63) is 60.2 Å². The van der Waals surface area contributed by atoms with Gasteiger partial charge in [0.05, 0.1) is 16.6 Å². The number of hydrogen-bond acceptors (Lipinski definition) is 5. The predicted molar refractivity (Wildman–Crippen MR) is 152 cm³/mol. The third kappa shape index (κ3) is 4.34. The molecule has 2 saturated heterocycles. The van der Waals surface area contributed by atoms with Gasteiger partial charge in [-0.3, -0.25) is 14.4 Å². The average molecular weight is 550 g/mol. The van der Waals surface area contributed by atoms with Gasteiger partial charge in [0.15, 0.2) is 0 Å². The molecule has 7 nitrogen and oxygen atoms in total. The Hall–Kier alpha value is -2.58. The van der Waals surface area contributed by atoms with Gasteiger partial charge in [-0.05, 0) is 31.7 Å². The van der Waals surface area contributed by atoms with Crippen LogP contribution >= 0.6 is 11.8 Å². The molecule has 39 heavy (non-hydrogen) atoms. The van der Waals surface area contributed by atoms with Crippen LogP contribution in [0.1, 0.15) is 51.0 Å². The van der Waals surface area contributed by atoms with E-state index in [2.05, 4.69) is 31.2 Å². The highest BCUT2D eigenvalue weighted by Crippen LogP contribution is 2.65. The first-order chi connectivity index (χ1) is 18.9. The highest BCUT2D eigenvalue weighted by Gasteiger charge is 2.73. The van der Waals surface area contributed by atoms with Crippen LogP contribution in [0.15, 0.2) is 54.6 Å². The van der Waals surface area contributed by atoms with Gasteiger partial charge in [-0.2, -0.15) is 0 Å². The van der Waals surface area contributed by atoms with Crippen LogP contribution in [0.4, 0.5) is 0 Å². The van der Waals surface area contributed by atoms with Crippen LogP contribution in [0.25, 0.3) is 0 Å². The van der Waals surface area contributed by atoms with E-state index in [0.29, 0.717) is 32.6 Å². The van der Waals surface area contributed by atoms with Crippen molar-refractivity contribution in [2.24, 2.45) is 11.8 Å². The van der Waals surface area contributed by atoms with Gasteiger partial charge in [-0.1, -0.05) is 73.9 Å². The van der Waals surface area contributed by atoms with Crippen molar-refractivity contribution in [1.82, 2.24) is 14.7 Å². The van der Waals surface area contributed by atoms with Crippen molar-refractivity contribution in [1.29, 1.82) is 0 Å². The van der Waals surface area contributed by atoms with E-state index in [9.17, 15) is 19.5 Å². The highest BCUT2D eigenvalue weighted by molar-refractivity contribution is 8.02. The third-order valence-electron chi connectivity index (χ3n) is 9.46. The Kier molecular flexibility index (Phi) is 7.12. The number of hydrogen-bond donors (Lipinski definition) is 1. The second-order valence-corrected chi connectivity index (χ2v) is 13.7. The minimum Gasteiger partial charge on any atom is -0.396 e. The number of nitrogens with zero attached hydrogens (tertiary/aromatic N) is 3. The lowest BCUT2D eigenvalue weighted by molar-refractivity contribution is -0.146. The molecule has 6 rings (SSSR count). The first kappa shape index (κ1) is 26.6. The first-order valence-electron chi connectivity index (χ1n) is 14.5. The summed E-state index contributed by atoms with van der Waals surface area (Å²) in [4.78, 5) is 48.7. The predicted octanol–water partition coefficient (Wildman–Crippen LogP) is 3.39. The van der Waals surface area contributed by atoms with E-state index in [1.807, 2.05) is 40.1 Å². The van der Waals surface area contributed by atoms with Crippen LogP contribution in [-0.4, -0.2) is 85.3 Å². The van der Waals surface area contributed by atoms with Crippen molar-refractivity contribution in [2.45, 2.75) is 73.6 Å². The van der Waals surface area contributed by atoms with Gasteiger partial charge in [-0.25, -0.2) is 0 Å². The molecule has 1 unspecified atom stereocenters. The molecule has 5 atom stereocenters. The third-order valence-corrected chi connectivity index (χ3v) is 11.3. The summed E-state index contributed by atoms with van der Waals surface area (Å²) in [7, 11) is 0. The standard InChI is InChI=1S/C31H39N3O4S/c1-30-15-8-17-32(21-22-11-4-2-5-12-22)27(36)24(30)25-28(37)34(19-10-20-35)26-29(38)33(23-13-6-3-7-14-23)18-9-16-31(25,26)39-30/h2,4-5,8-9,11-12,15-16,23-26,35H,3,6-7,10,13-14,17-21H2,1H3/t24-,25+,26?,30+,31+/m1/s1. The lowest BCUT2D eigenvalue weighted by Crippen LogP contribution is -2.55. The van der Waals surface area contributed by atoms with E-state index >= 15 is 0 Å². The molecule has 1 spiro atoms. The topological polar surface area (TPSA) is 81.2 Å². The summed E-state index contributed by atoms with van der Waals surface area (Å²) in [6.45, 7) is 3.86. The molecule has 1 saturated carbocycles. The smallest absolute Gasteiger partial charge is 0.247 e. The van der Waals surface area contributed by atoms with Gasteiger partial charge in [0.2, 0.25) is 17.7 Å². The van der Waals surface area contributed by atoms with Gasteiger partial charge in [0, 0.05) is 43.6 Å². The maximum absolute atomic E-state index is 14.5. The molecule has 1 aromatic rings. The Balaban J connectivity index is 1.40. The molecule has 0 bridgehead atoms. The summed E-state index contributed by atoms with van der Waals surface area (Å²) in [5, 5.41) is 9.65. The number of carbonyl (C=O) groups is 3. The zero-order valence-electron chi connectivity index (χ0n) is 22.7. The molecule has 4 heterocycles. The Morgan fingerprint density at radius 1 is 0.923 bits per heavy atom. The van der Waals surface area contributed by atoms with Crippen LogP contribution in [0.2, 0.25) is 0 Å². The van der Waals surface area contributed by atoms with E-state index in [4.69, 9.17) is 0 Å². The van der Waals surface area contributed by atoms with E-state index in [0.717, 1.165) is 31.2 Å². The van der Waals surface area contributed by atoms with E-state index in [1.165, 1.54) is 6.42 Å². The quantitative estimate of drug-likeness (QED) is 0.551. The molecule has 1 aliphatic carbocycles. The van der Waals surface area contributed by atoms with Crippen LogP contribution in [-0.2, 0) is 20.9 Å². The summed E-state index contributed by atoms with van der Waals surface area (Å²) in [5.41, 5.74) is 1.05. The van der Waals surface area contributed by atoms with Gasteiger partial charge in [-0.15, -0.1) is 11.8 Å². The fourth-order valence-corrected chi connectivity index (χ4v) is 9.90. The maximum Gasteiger partial charge on any atom is 0.247 e. The summed E-state index contributed by atoms with van der Waals surface area (Å²) < 4.78 is -1.42. The normalized spacial score (nSPS) is 34.7. The lowest BCUT2D eigenvalue weighted by atomic mass is 9.74. The number of benzene rings is 1. The monoisotopic (exact) mass is 549 g/mol. The van der Waals surface area contributed by atoms with Crippen molar-refractivity contribution >= 4 is 29.5 Å². The largest absolute Gasteiger partial charge is 0.396 e. The minimum absolute atomic E-state index is 0.00539. The van der Waals surface area contributed by atoms with Gasteiger partial charge >= 0.3 is 0 Å². The van der Waals surface area contributed by atoms with Crippen LogP contribution in [0, 0.1) is 11.8 Å². The molecule has 3 amide bonds. The summed E-state index contributed by atoms with van der Waals surface area (Å²) in [6.07, 6.45) is 14.2. The fourth-order valence-electron chi connectivity index (χ4n) is 7.74. The van der Waals surface area contributed by atoms with Crippen LogP contribution < -0.4 is 0 Å². The van der Waals surface area contributed by atoms with Crippen molar-refractivity contribution in [2.75, 3.05) is 26.2 Å². The number of likely N-dealkylation sites (tertiary alicyclic amines) is 1. The number of aliphatic hydroxyl groups is 1. The molecule has 4 aliphatic heterocycles. The molecule has 1 N–H and O–H groups in total. The fraction of sp³-hybridized carbons (Fsp3) is 0.581. The summed E-state index contributed by atoms with van der Waals surface area (Å²) in [6, 6.07) is 9.48. The Bertz CT molecular complexity index is 1180. The number of fused-ring (bicyclic) bond motifs is 2. The molecular weight excluding hydrogens is 510 g/mol. The zero-order valence-corrected chi connectivity index (χ0v) is 23.5. The SMILES string of the molecule is C[C@]12C=CCN(Cc3ccccc3)C(=O)[C@H]1[C@H]1C(=O)N(CCCO)C3C(=O)N(C4CCCCC4)CC=C[C@@]31S2. The molecule has 1 aromatic carbocycles. The zero-order chi connectivity index (χ0) is 27.2. The summed E-state index contributed by atoms with van der Waals surface area (Å²) in [5.74, 6) is -1.34. The second-order valence-electron chi connectivity index (χ2n) is 11.9. The highest BCUT2D eigenvalue weighted by atomic mass is 32.2. The molecule has 208 valence electrons. The molecule has 0 radical (unpaired) electrons. The maximum atomic E-state index is 14.5. The summed E-state index contributed by atoms with van der Waals surface area (Å²) >= 11 is 1.64. The van der Waals surface area contributed by atoms with Crippen molar-refractivity contribution < 1.29 is 19.5 Å². The molecule has 0 aromatic heterocycles. The lowest BCUT2D eigenvalue weighted by Gasteiger charge is -2.40. The number of rotatable bonds is 6. The van der Waals surface area contributed by atoms with E-state index in [1.54, 1.807) is 16.7 Å². The van der Waals surface area contributed by atoms with E-state index in [-0.39, 0.29) is 30.4 Å². The number of carbonyl (C=O) groups excluding carboxylic acids is 3. The molecule has 3 fully saturated rings. The molecular formula is C31H39N3O4S. The Morgan fingerprint density at radius 3 is 2.41 bits per heavy atom. The van der Waals surface area contributed by atoms with Gasteiger partial charge < -0.3 is 19.8 Å². The van der Waals surface area contributed by atoms with Gasteiger partial charge in [0.1, 0.15) is 6.04 Å². The van der Waals surface area contributed by atoms with E-state index < -0.39 is 27.4 Å². The Morgan fingerprint density at radius 2 is 1.67 bits per heavy atom.